The normalized spacial score (nSPS) is 19.3. The maximum atomic E-state index is 12.0. The first-order chi connectivity index (χ1) is 9.72. The van der Waals surface area contributed by atoms with E-state index < -0.39 is 0 Å². The van der Waals surface area contributed by atoms with E-state index in [0.29, 0.717) is 13.0 Å². The van der Waals surface area contributed by atoms with E-state index in [0.717, 1.165) is 24.6 Å². The zero-order chi connectivity index (χ0) is 14.4. The molecule has 2 N–H and O–H groups in total. The number of amides is 1. The lowest BCUT2D eigenvalue weighted by atomic mass is 10.2. The molecular formula is C15H22N4O. The largest absolute Gasteiger partial charge is 0.357 e. The summed E-state index contributed by atoms with van der Waals surface area (Å²) in [5.74, 6) is 0.949. The van der Waals surface area contributed by atoms with E-state index in [4.69, 9.17) is 0 Å². The van der Waals surface area contributed by atoms with Gasteiger partial charge in [-0.1, -0.05) is 30.3 Å². The van der Waals surface area contributed by atoms with Crippen molar-refractivity contribution in [2.75, 3.05) is 20.1 Å². The second-order valence-corrected chi connectivity index (χ2v) is 4.91. The van der Waals surface area contributed by atoms with Crippen molar-refractivity contribution in [2.45, 2.75) is 25.9 Å². The minimum atomic E-state index is 0.129. The fourth-order valence-corrected chi connectivity index (χ4v) is 2.38. The highest BCUT2D eigenvalue weighted by molar-refractivity contribution is 5.83. The molecule has 0 spiro atoms. The number of carbonyl (C=O) groups is 1. The van der Waals surface area contributed by atoms with Gasteiger partial charge < -0.3 is 15.5 Å². The molecule has 1 aliphatic heterocycles. The van der Waals surface area contributed by atoms with Gasteiger partial charge in [-0.25, -0.2) is 0 Å². The number of hydrogen-bond acceptors (Lipinski definition) is 2. The number of guanidine groups is 1. The molecule has 5 nitrogen and oxygen atoms in total. The first kappa shape index (κ1) is 14.4. The van der Waals surface area contributed by atoms with Crippen molar-refractivity contribution in [3.05, 3.63) is 35.9 Å². The Morgan fingerprint density at radius 1 is 1.40 bits per heavy atom. The molecule has 1 heterocycles. The van der Waals surface area contributed by atoms with Crippen LogP contribution in [0.1, 0.15) is 18.9 Å². The zero-order valence-electron chi connectivity index (χ0n) is 12.1. The number of hydrogen-bond donors (Lipinski definition) is 2. The molecule has 2 rings (SSSR count). The fourth-order valence-electron chi connectivity index (χ4n) is 2.38. The van der Waals surface area contributed by atoms with Gasteiger partial charge in [-0.05, 0) is 12.5 Å². The van der Waals surface area contributed by atoms with E-state index in [1.165, 1.54) is 0 Å². The lowest BCUT2D eigenvalue weighted by molar-refractivity contribution is -0.128. The third kappa shape index (κ3) is 3.73. The van der Waals surface area contributed by atoms with Gasteiger partial charge in [-0.3, -0.25) is 9.79 Å². The average Bonchev–Trinajstić information content (AvgIpc) is 2.79. The molecule has 1 amide bonds. The van der Waals surface area contributed by atoms with Crippen LogP contribution in [0, 0.1) is 0 Å². The Bertz CT molecular complexity index is 472. The molecule has 1 saturated heterocycles. The maximum Gasteiger partial charge on any atom is 0.225 e. The van der Waals surface area contributed by atoms with Crippen molar-refractivity contribution in [2.24, 2.45) is 4.99 Å². The molecule has 1 atom stereocenters. The van der Waals surface area contributed by atoms with Gasteiger partial charge in [0.25, 0.3) is 0 Å². The molecule has 1 aliphatic rings. The summed E-state index contributed by atoms with van der Waals surface area (Å²) in [5, 5.41) is 6.44. The van der Waals surface area contributed by atoms with Crippen LogP contribution in [0.2, 0.25) is 0 Å². The van der Waals surface area contributed by atoms with E-state index in [-0.39, 0.29) is 11.9 Å². The Kier molecular flexibility index (Phi) is 4.98. The summed E-state index contributed by atoms with van der Waals surface area (Å²) >= 11 is 0. The first-order valence-corrected chi connectivity index (χ1v) is 7.01. The molecule has 1 fully saturated rings. The summed E-state index contributed by atoms with van der Waals surface area (Å²) in [6.07, 6.45) is 0.525. The van der Waals surface area contributed by atoms with Gasteiger partial charge in [-0.15, -0.1) is 0 Å². The van der Waals surface area contributed by atoms with Crippen molar-refractivity contribution in [3.8, 4) is 0 Å². The van der Waals surface area contributed by atoms with Crippen molar-refractivity contribution in [1.82, 2.24) is 15.5 Å². The zero-order valence-corrected chi connectivity index (χ0v) is 12.1. The number of aliphatic imine (C=N–C) groups is 1. The van der Waals surface area contributed by atoms with Crippen LogP contribution < -0.4 is 10.6 Å². The summed E-state index contributed by atoms with van der Waals surface area (Å²) in [7, 11) is 1.74. The molecule has 1 aromatic rings. The Balaban J connectivity index is 1.90. The molecule has 0 saturated carbocycles. The summed E-state index contributed by atoms with van der Waals surface area (Å²) in [6.45, 7) is 4.23. The van der Waals surface area contributed by atoms with E-state index in [2.05, 4.69) is 15.6 Å². The molecule has 20 heavy (non-hydrogen) atoms. The van der Waals surface area contributed by atoms with Crippen LogP contribution in [0.3, 0.4) is 0 Å². The van der Waals surface area contributed by atoms with E-state index in [1.54, 1.807) is 7.05 Å². The van der Waals surface area contributed by atoms with E-state index >= 15 is 0 Å². The molecule has 0 bridgehead atoms. The highest BCUT2D eigenvalue weighted by atomic mass is 16.2. The van der Waals surface area contributed by atoms with Gasteiger partial charge in [0.2, 0.25) is 5.91 Å². The van der Waals surface area contributed by atoms with Crippen LogP contribution in [0.15, 0.2) is 35.3 Å². The number of rotatable bonds is 4. The topological polar surface area (TPSA) is 56.7 Å². The first-order valence-electron chi connectivity index (χ1n) is 7.01. The van der Waals surface area contributed by atoms with Crippen molar-refractivity contribution in [3.63, 3.8) is 0 Å². The minimum absolute atomic E-state index is 0.129. The van der Waals surface area contributed by atoms with Gasteiger partial charge in [0.15, 0.2) is 5.96 Å². The van der Waals surface area contributed by atoms with Crippen LogP contribution in [0.5, 0.6) is 0 Å². The monoisotopic (exact) mass is 274 g/mol. The van der Waals surface area contributed by atoms with Gasteiger partial charge in [0.1, 0.15) is 0 Å². The van der Waals surface area contributed by atoms with Gasteiger partial charge in [-0.2, -0.15) is 0 Å². The number of nitrogens with zero attached hydrogens (tertiary/aromatic N) is 2. The van der Waals surface area contributed by atoms with Crippen LogP contribution in [0.25, 0.3) is 0 Å². The SMILES string of the molecule is CCNC(=NC)N[C@H]1CC(=O)N(Cc2ccccc2)C1. The predicted molar refractivity (Wildman–Crippen MR) is 80.4 cm³/mol. The number of benzene rings is 1. The summed E-state index contributed by atoms with van der Waals surface area (Å²) in [4.78, 5) is 18.1. The Morgan fingerprint density at radius 3 is 2.80 bits per heavy atom. The van der Waals surface area contributed by atoms with Crippen LogP contribution >= 0.6 is 0 Å². The van der Waals surface area contributed by atoms with Gasteiger partial charge >= 0.3 is 0 Å². The third-order valence-corrected chi connectivity index (χ3v) is 3.34. The molecule has 0 radical (unpaired) electrons. The molecule has 0 unspecified atom stereocenters. The predicted octanol–water partition coefficient (Wildman–Crippen LogP) is 0.972. The summed E-state index contributed by atoms with van der Waals surface area (Å²) in [6, 6.07) is 10.2. The lowest BCUT2D eigenvalue weighted by Crippen LogP contribution is -2.44. The highest BCUT2D eigenvalue weighted by Crippen LogP contribution is 2.14. The molecule has 0 aliphatic carbocycles. The Hall–Kier alpha value is -2.04. The van der Waals surface area contributed by atoms with Crippen LogP contribution in [0.4, 0.5) is 0 Å². The lowest BCUT2D eigenvalue weighted by Gasteiger charge is -2.18. The van der Waals surface area contributed by atoms with Crippen molar-refractivity contribution in [1.29, 1.82) is 0 Å². The quantitative estimate of drug-likeness (QED) is 0.635. The Morgan fingerprint density at radius 2 is 2.15 bits per heavy atom. The Labute approximate surface area is 120 Å². The standard InChI is InChI=1S/C15H22N4O/c1-3-17-15(16-2)18-13-9-14(20)19(11-13)10-12-7-5-4-6-8-12/h4-8,13H,3,9-11H2,1-2H3,(H2,16,17,18)/t13-/m0/s1. The van der Waals surface area contributed by atoms with Crippen molar-refractivity contribution < 1.29 is 4.79 Å². The van der Waals surface area contributed by atoms with Crippen molar-refractivity contribution >= 4 is 11.9 Å². The van der Waals surface area contributed by atoms with Gasteiger partial charge in [0.05, 0.1) is 6.04 Å². The van der Waals surface area contributed by atoms with E-state index in [9.17, 15) is 4.79 Å². The fraction of sp³-hybridized carbons (Fsp3) is 0.467. The van der Waals surface area contributed by atoms with Gasteiger partial charge in [0, 0.05) is 33.1 Å². The maximum absolute atomic E-state index is 12.0. The molecule has 5 heteroatoms. The second kappa shape index (κ2) is 6.93. The molecular weight excluding hydrogens is 252 g/mol. The molecule has 1 aromatic carbocycles. The summed E-state index contributed by atoms with van der Waals surface area (Å²) in [5.41, 5.74) is 1.16. The summed E-state index contributed by atoms with van der Waals surface area (Å²) < 4.78 is 0. The number of likely N-dealkylation sites (tertiary alicyclic amines) is 1. The number of nitrogens with one attached hydrogen (secondary N) is 2. The number of carbonyl (C=O) groups excluding carboxylic acids is 1. The van der Waals surface area contributed by atoms with E-state index in [1.807, 2.05) is 42.2 Å². The van der Waals surface area contributed by atoms with Crippen LogP contribution in [-0.2, 0) is 11.3 Å². The molecule has 108 valence electrons. The average molecular weight is 274 g/mol. The molecule has 0 aromatic heterocycles. The highest BCUT2D eigenvalue weighted by Gasteiger charge is 2.29. The second-order valence-electron chi connectivity index (χ2n) is 4.91. The smallest absolute Gasteiger partial charge is 0.225 e. The third-order valence-electron chi connectivity index (χ3n) is 3.34. The minimum Gasteiger partial charge on any atom is -0.357 e. The van der Waals surface area contributed by atoms with Crippen LogP contribution in [-0.4, -0.2) is 42.9 Å².